The molecule has 0 saturated carbocycles. The molecule has 0 bridgehead atoms. The molecule has 0 unspecified atom stereocenters. The first kappa shape index (κ1) is 20.1. The van der Waals surface area contributed by atoms with Crippen LogP contribution in [0, 0.1) is 6.92 Å². The fraction of sp³-hybridized carbons (Fsp3) is 0.0800. The van der Waals surface area contributed by atoms with Gasteiger partial charge in [-0.1, -0.05) is 72.3 Å². The Labute approximate surface area is 180 Å². The van der Waals surface area contributed by atoms with E-state index in [9.17, 15) is 4.79 Å². The van der Waals surface area contributed by atoms with Gasteiger partial charge in [-0.05, 0) is 36.2 Å². The SMILES string of the molecule is Cc1ccc(COc2ccccc2-c2cc(C(=O)NN=Cc3ccccc3)[nH]n2)cc1. The van der Waals surface area contributed by atoms with Crippen molar-refractivity contribution in [2.45, 2.75) is 13.5 Å². The molecule has 2 N–H and O–H groups in total. The summed E-state index contributed by atoms with van der Waals surface area (Å²) in [4.78, 5) is 12.4. The predicted octanol–water partition coefficient (Wildman–Crippen LogP) is 4.73. The van der Waals surface area contributed by atoms with Gasteiger partial charge >= 0.3 is 0 Å². The number of nitrogens with one attached hydrogen (secondary N) is 2. The number of amides is 1. The topological polar surface area (TPSA) is 79.4 Å². The predicted molar refractivity (Wildman–Crippen MR) is 121 cm³/mol. The molecular weight excluding hydrogens is 388 g/mol. The van der Waals surface area contributed by atoms with Crippen LogP contribution in [0.15, 0.2) is 90.0 Å². The molecule has 0 saturated heterocycles. The molecule has 0 fully saturated rings. The Morgan fingerprint density at radius 3 is 2.58 bits per heavy atom. The van der Waals surface area contributed by atoms with E-state index in [0.29, 0.717) is 23.7 Å². The van der Waals surface area contributed by atoms with Crippen LogP contribution in [0.4, 0.5) is 0 Å². The van der Waals surface area contributed by atoms with E-state index < -0.39 is 0 Å². The van der Waals surface area contributed by atoms with Crippen molar-refractivity contribution in [1.29, 1.82) is 0 Å². The van der Waals surface area contributed by atoms with Gasteiger partial charge in [-0.2, -0.15) is 10.2 Å². The van der Waals surface area contributed by atoms with Gasteiger partial charge in [-0.15, -0.1) is 0 Å². The number of hydrazone groups is 1. The maximum atomic E-state index is 12.4. The van der Waals surface area contributed by atoms with Crippen molar-refractivity contribution < 1.29 is 9.53 Å². The molecule has 6 heteroatoms. The first-order chi connectivity index (χ1) is 15.2. The average Bonchev–Trinajstić information content (AvgIpc) is 3.30. The van der Waals surface area contributed by atoms with Crippen LogP contribution in [-0.2, 0) is 6.61 Å². The molecule has 4 rings (SSSR count). The van der Waals surface area contributed by atoms with Crippen molar-refractivity contribution >= 4 is 12.1 Å². The normalized spacial score (nSPS) is 10.9. The average molecular weight is 410 g/mol. The Bertz CT molecular complexity index is 1180. The van der Waals surface area contributed by atoms with E-state index in [-0.39, 0.29) is 5.91 Å². The first-order valence-electron chi connectivity index (χ1n) is 9.90. The van der Waals surface area contributed by atoms with Crippen molar-refractivity contribution in [3.8, 4) is 17.0 Å². The fourth-order valence-electron chi connectivity index (χ4n) is 2.99. The van der Waals surface area contributed by atoms with Gasteiger partial charge in [0, 0.05) is 5.56 Å². The first-order valence-corrected chi connectivity index (χ1v) is 9.90. The van der Waals surface area contributed by atoms with Crippen molar-refractivity contribution in [1.82, 2.24) is 15.6 Å². The number of nitrogens with zero attached hydrogens (tertiary/aromatic N) is 2. The number of para-hydroxylation sites is 1. The van der Waals surface area contributed by atoms with Crippen molar-refractivity contribution in [2.24, 2.45) is 5.10 Å². The van der Waals surface area contributed by atoms with E-state index in [1.54, 1.807) is 12.3 Å². The maximum Gasteiger partial charge on any atom is 0.289 e. The number of hydrogen-bond donors (Lipinski definition) is 2. The summed E-state index contributed by atoms with van der Waals surface area (Å²) in [5.74, 6) is 0.326. The van der Waals surface area contributed by atoms with E-state index in [1.807, 2.05) is 66.7 Å². The number of aromatic nitrogens is 2. The monoisotopic (exact) mass is 410 g/mol. The van der Waals surface area contributed by atoms with Gasteiger partial charge < -0.3 is 4.74 Å². The summed E-state index contributed by atoms with van der Waals surface area (Å²) in [6.45, 7) is 2.50. The standard InChI is InChI=1S/C25H22N4O2/c1-18-11-13-20(14-12-18)17-31-24-10-6-5-9-21(24)22-15-23(28-27-22)25(30)29-26-16-19-7-3-2-4-8-19/h2-16H,17H2,1H3,(H,27,28)(H,29,30). The van der Waals surface area contributed by atoms with Gasteiger partial charge in [0.2, 0.25) is 0 Å². The van der Waals surface area contributed by atoms with Gasteiger partial charge in [-0.25, -0.2) is 5.43 Å². The molecule has 0 atom stereocenters. The van der Waals surface area contributed by atoms with Crippen LogP contribution in [0.25, 0.3) is 11.3 Å². The smallest absolute Gasteiger partial charge is 0.289 e. The highest BCUT2D eigenvalue weighted by Crippen LogP contribution is 2.29. The quantitative estimate of drug-likeness (QED) is 0.342. The Morgan fingerprint density at radius 2 is 1.77 bits per heavy atom. The number of aryl methyl sites for hydroxylation is 1. The molecule has 6 nitrogen and oxygen atoms in total. The molecule has 0 aliphatic rings. The molecule has 0 aliphatic heterocycles. The molecule has 154 valence electrons. The van der Waals surface area contributed by atoms with E-state index >= 15 is 0 Å². The Hall–Kier alpha value is -4.19. The summed E-state index contributed by atoms with van der Waals surface area (Å²) >= 11 is 0. The summed E-state index contributed by atoms with van der Waals surface area (Å²) < 4.78 is 6.02. The lowest BCUT2D eigenvalue weighted by Crippen LogP contribution is -2.17. The second-order valence-corrected chi connectivity index (χ2v) is 7.05. The lowest BCUT2D eigenvalue weighted by molar-refractivity contribution is 0.0950. The van der Waals surface area contributed by atoms with Crippen LogP contribution in [0.2, 0.25) is 0 Å². The Kier molecular flexibility index (Phi) is 6.18. The summed E-state index contributed by atoms with van der Waals surface area (Å²) in [6, 6.07) is 27.0. The minimum absolute atomic E-state index is 0.313. The molecule has 0 spiro atoms. The molecule has 0 radical (unpaired) electrons. The molecule has 4 aromatic rings. The summed E-state index contributed by atoms with van der Waals surface area (Å²) in [7, 11) is 0. The highest BCUT2D eigenvalue weighted by molar-refractivity contribution is 5.94. The van der Waals surface area contributed by atoms with Gasteiger partial charge in [0.25, 0.3) is 5.91 Å². The minimum atomic E-state index is -0.371. The van der Waals surface area contributed by atoms with Crippen LogP contribution >= 0.6 is 0 Å². The molecule has 3 aromatic carbocycles. The molecule has 0 aliphatic carbocycles. The third-order valence-electron chi connectivity index (χ3n) is 4.68. The summed E-state index contributed by atoms with van der Waals surface area (Å²) in [5.41, 5.74) is 7.43. The third-order valence-corrected chi connectivity index (χ3v) is 4.68. The number of H-pyrrole nitrogens is 1. The summed E-state index contributed by atoms with van der Waals surface area (Å²) in [6.07, 6.45) is 1.59. The van der Waals surface area contributed by atoms with Gasteiger partial charge in [0.05, 0.1) is 11.9 Å². The fourth-order valence-corrected chi connectivity index (χ4v) is 2.99. The Balaban J connectivity index is 1.44. The number of carbonyl (C=O) groups is 1. The zero-order chi connectivity index (χ0) is 21.5. The minimum Gasteiger partial charge on any atom is -0.488 e. The second kappa shape index (κ2) is 9.54. The Morgan fingerprint density at radius 1 is 1.03 bits per heavy atom. The van der Waals surface area contributed by atoms with E-state index in [2.05, 4.69) is 39.8 Å². The van der Waals surface area contributed by atoms with E-state index in [0.717, 1.165) is 16.7 Å². The van der Waals surface area contributed by atoms with Crippen molar-refractivity contribution in [3.63, 3.8) is 0 Å². The molecule has 1 heterocycles. The van der Waals surface area contributed by atoms with Gasteiger partial charge in [0.1, 0.15) is 18.1 Å². The third kappa shape index (κ3) is 5.25. The van der Waals surface area contributed by atoms with Crippen LogP contribution in [-0.4, -0.2) is 22.3 Å². The number of rotatable bonds is 7. The summed E-state index contributed by atoms with van der Waals surface area (Å²) in [5, 5.41) is 11.0. The molecule has 1 amide bonds. The van der Waals surface area contributed by atoms with E-state index in [4.69, 9.17) is 4.74 Å². The molecular formula is C25H22N4O2. The van der Waals surface area contributed by atoms with Gasteiger partial charge in [-0.3, -0.25) is 9.89 Å². The lowest BCUT2D eigenvalue weighted by atomic mass is 10.1. The van der Waals surface area contributed by atoms with Crippen LogP contribution in [0.5, 0.6) is 5.75 Å². The lowest BCUT2D eigenvalue weighted by Gasteiger charge is -2.10. The number of hydrogen-bond acceptors (Lipinski definition) is 4. The van der Waals surface area contributed by atoms with Crippen LogP contribution in [0.3, 0.4) is 0 Å². The highest BCUT2D eigenvalue weighted by atomic mass is 16.5. The van der Waals surface area contributed by atoms with Crippen LogP contribution < -0.4 is 10.2 Å². The van der Waals surface area contributed by atoms with Crippen molar-refractivity contribution in [3.05, 3.63) is 107 Å². The molecule has 31 heavy (non-hydrogen) atoms. The number of benzene rings is 3. The zero-order valence-electron chi connectivity index (χ0n) is 17.1. The number of carbonyl (C=O) groups excluding carboxylic acids is 1. The van der Waals surface area contributed by atoms with E-state index in [1.165, 1.54) is 5.56 Å². The van der Waals surface area contributed by atoms with Crippen LogP contribution in [0.1, 0.15) is 27.2 Å². The molecule has 1 aromatic heterocycles. The number of ether oxygens (including phenoxy) is 1. The van der Waals surface area contributed by atoms with Crippen molar-refractivity contribution in [2.75, 3.05) is 0 Å². The highest BCUT2D eigenvalue weighted by Gasteiger charge is 2.13. The number of aromatic amines is 1. The largest absolute Gasteiger partial charge is 0.488 e. The maximum absolute atomic E-state index is 12.4. The zero-order valence-corrected chi connectivity index (χ0v) is 17.1. The van der Waals surface area contributed by atoms with Gasteiger partial charge in [0.15, 0.2) is 0 Å². The second-order valence-electron chi connectivity index (χ2n) is 7.05.